The molecule has 8 nitrogen and oxygen atoms in total. The van der Waals surface area contributed by atoms with Gasteiger partial charge in [0, 0.05) is 6.54 Å². The van der Waals surface area contributed by atoms with E-state index in [0.29, 0.717) is 32.2 Å². The molecule has 1 aliphatic rings. The van der Waals surface area contributed by atoms with Crippen molar-refractivity contribution in [1.82, 2.24) is 24.5 Å². The van der Waals surface area contributed by atoms with Gasteiger partial charge in [-0.3, -0.25) is 0 Å². The highest BCUT2D eigenvalue weighted by Gasteiger charge is 2.34. The number of quaternary nitrogens is 1. The molecular weight excluding hydrogens is 397 g/mol. The third-order valence-electron chi connectivity index (χ3n) is 4.68. The van der Waals surface area contributed by atoms with Gasteiger partial charge in [0.1, 0.15) is 6.54 Å². The van der Waals surface area contributed by atoms with E-state index >= 15 is 0 Å². The van der Waals surface area contributed by atoms with Crippen LogP contribution in [0.1, 0.15) is 24.7 Å². The van der Waals surface area contributed by atoms with Crippen LogP contribution in [0.5, 0.6) is 0 Å². The van der Waals surface area contributed by atoms with Crippen molar-refractivity contribution in [2.45, 2.75) is 37.5 Å². The predicted octanol–water partition coefficient (Wildman–Crippen LogP) is 0.191. The largest absolute Gasteiger partial charge is 0.416 e. The van der Waals surface area contributed by atoms with Gasteiger partial charge in [-0.25, -0.2) is 13.1 Å². The van der Waals surface area contributed by atoms with E-state index in [1.54, 1.807) is 4.68 Å². The highest BCUT2D eigenvalue weighted by molar-refractivity contribution is 7.89. The molecule has 154 valence electrons. The average Bonchev–Trinajstić information content (AvgIpc) is 3.09. The van der Waals surface area contributed by atoms with Gasteiger partial charge in [-0.15, -0.1) is 5.10 Å². The number of aromatic nitrogens is 4. The molecule has 0 aliphatic carbocycles. The highest BCUT2D eigenvalue weighted by atomic mass is 32.2. The van der Waals surface area contributed by atoms with Gasteiger partial charge < -0.3 is 4.90 Å². The summed E-state index contributed by atoms with van der Waals surface area (Å²) in [6.45, 7) is 4.81. The standard InChI is InChI=1S/C16H21F3N6O2S/c1-2-6-25-15(20-21-22-25)12-23-7-9-24(10-8-23)28(26,27)14-5-3-4-13(11-14)16(17,18)19/h3-5,11H,2,6-10,12H2,1H3/p+1. The quantitative estimate of drug-likeness (QED) is 0.723. The first kappa shape index (κ1) is 20.7. The maximum absolute atomic E-state index is 12.9. The van der Waals surface area contributed by atoms with Gasteiger partial charge in [-0.1, -0.05) is 13.0 Å². The molecule has 1 N–H and O–H groups in total. The minimum atomic E-state index is -4.59. The fourth-order valence-electron chi connectivity index (χ4n) is 3.16. The first-order valence-corrected chi connectivity index (χ1v) is 10.4. The van der Waals surface area contributed by atoms with Crippen LogP contribution >= 0.6 is 0 Å². The number of nitrogens with zero attached hydrogens (tertiary/aromatic N) is 5. The van der Waals surface area contributed by atoms with Crippen molar-refractivity contribution >= 4 is 10.0 Å². The molecule has 0 radical (unpaired) electrons. The second-order valence-electron chi connectivity index (χ2n) is 6.67. The van der Waals surface area contributed by atoms with Crippen molar-refractivity contribution in [3.8, 4) is 0 Å². The summed E-state index contributed by atoms with van der Waals surface area (Å²) in [6.07, 6.45) is -3.69. The van der Waals surface area contributed by atoms with Gasteiger partial charge in [0.25, 0.3) is 0 Å². The van der Waals surface area contributed by atoms with Gasteiger partial charge in [-0.2, -0.15) is 17.5 Å². The van der Waals surface area contributed by atoms with Crippen LogP contribution in [0, 0.1) is 0 Å². The van der Waals surface area contributed by atoms with Crippen LogP contribution in [0.15, 0.2) is 29.2 Å². The molecule has 2 heterocycles. The monoisotopic (exact) mass is 419 g/mol. The normalized spacial score (nSPS) is 17.1. The summed E-state index contributed by atoms with van der Waals surface area (Å²) in [5.74, 6) is 0.742. The van der Waals surface area contributed by atoms with Crippen molar-refractivity contribution in [1.29, 1.82) is 0 Å². The molecule has 1 aliphatic heterocycles. The Labute approximate surface area is 161 Å². The topological polar surface area (TPSA) is 85.4 Å². The Morgan fingerprint density at radius 1 is 1.21 bits per heavy atom. The first-order chi connectivity index (χ1) is 13.2. The van der Waals surface area contributed by atoms with Crippen LogP contribution in [0.25, 0.3) is 0 Å². The van der Waals surface area contributed by atoms with Crippen LogP contribution in [0.3, 0.4) is 0 Å². The number of benzene rings is 1. The molecule has 1 fully saturated rings. The van der Waals surface area contributed by atoms with E-state index in [0.717, 1.165) is 29.3 Å². The lowest BCUT2D eigenvalue weighted by atomic mass is 10.2. The number of sulfonamides is 1. The number of alkyl halides is 3. The van der Waals surface area contributed by atoms with Gasteiger partial charge in [-0.05, 0) is 35.0 Å². The second-order valence-corrected chi connectivity index (χ2v) is 8.61. The Hall–Kier alpha value is -2.05. The molecule has 1 aromatic heterocycles. The number of hydrogen-bond donors (Lipinski definition) is 1. The van der Waals surface area contributed by atoms with E-state index in [9.17, 15) is 21.6 Å². The lowest BCUT2D eigenvalue weighted by Gasteiger charge is -2.31. The summed E-state index contributed by atoms with van der Waals surface area (Å²) in [6, 6.07) is 3.86. The Morgan fingerprint density at radius 3 is 2.57 bits per heavy atom. The minimum absolute atomic E-state index is 0.225. The van der Waals surface area contributed by atoms with E-state index in [1.807, 2.05) is 6.92 Å². The predicted molar refractivity (Wildman–Crippen MR) is 92.7 cm³/mol. The van der Waals surface area contributed by atoms with Crippen molar-refractivity contribution < 1.29 is 26.5 Å². The van der Waals surface area contributed by atoms with Gasteiger partial charge in [0.2, 0.25) is 15.8 Å². The molecule has 12 heteroatoms. The Bertz CT molecular complexity index is 907. The van der Waals surface area contributed by atoms with Crippen LogP contribution in [0.2, 0.25) is 0 Å². The van der Waals surface area contributed by atoms with Gasteiger partial charge in [0.05, 0.1) is 36.6 Å². The highest BCUT2D eigenvalue weighted by Crippen LogP contribution is 2.31. The number of aryl methyl sites for hydroxylation is 1. The number of piperazine rings is 1. The maximum Gasteiger partial charge on any atom is 0.416 e. The summed E-state index contributed by atoms with van der Waals surface area (Å²) < 4.78 is 67.1. The molecule has 0 spiro atoms. The summed E-state index contributed by atoms with van der Waals surface area (Å²) in [5.41, 5.74) is -0.972. The molecule has 1 aromatic carbocycles. The number of nitrogens with one attached hydrogen (secondary N) is 1. The van der Waals surface area contributed by atoms with E-state index in [-0.39, 0.29) is 18.0 Å². The average molecular weight is 419 g/mol. The van der Waals surface area contributed by atoms with E-state index in [4.69, 9.17) is 0 Å². The molecule has 0 unspecified atom stereocenters. The number of halogens is 3. The summed E-state index contributed by atoms with van der Waals surface area (Å²) in [4.78, 5) is 0.792. The fourth-order valence-corrected chi connectivity index (χ4v) is 4.65. The first-order valence-electron chi connectivity index (χ1n) is 8.98. The summed E-state index contributed by atoms with van der Waals surface area (Å²) in [7, 11) is -3.97. The molecule has 1 saturated heterocycles. The van der Waals surface area contributed by atoms with Crippen molar-refractivity contribution in [2.75, 3.05) is 26.2 Å². The third kappa shape index (κ3) is 4.50. The zero-order chi connectivity index (χ0) is 20.4. The molecule has 3 rings (SSSR count). The smallest absolute Gasteiger partial charge is 0.326 e. The van der Waals surface area contributed by atoms with Gasteiger partial charge in [0.15, 0.2) is 0 Å². The molecule has 0 saturated carbocycles. The SMILES string of the molecule is CCCn1nnnc1C[NH+]1CCN(S(=O)(=O)c2cccc(C(F)(F)F)c2)CC1. The van der Waals surface area contributed by atoms with E-state index < -0.39 is 21.8 Å². The molecule has 28 heavy (non-hydrogen) atoms. The van der Waals surface area contributed by atoms with Crippen LogP contribution < -0.4 is 4.90 Å². The molecular formula is C16H22F3N6O2S+. The third-order valence-corrected chi connectivity index (χ3v) is 6.57. The lowest BCUT2D eigenvalue weighted by Crippen LogP contribution is -3.13. The molecule has 2 aromatic rings. The molecule has 0 atom stereocenters. The summed E-state index contributed by atoms with van der Waals surface area (Å²) in [5, 5.41) is 11.6. The lowest BCUT2D eigenvalue weighted by molar-refractivity contribution is -0.918. The Balaban J connectivity index is 1.66. The number of rotatable bonds is 6. The van der Waals surface area contributed by atoms with Gasteiger partial charge >= 0.3 is 6.18 Å². The number of tetrazole rings is 1. The Kier molecular flexibility index (Phi) is 6.01. The van der Waals surface area contributed by atoms with Crippen LogP contribution in [-0.2, 0) is 29.3 Å². The van der Waals surface area contributed by atoms with Crippen LogP contribution in [0.4, 0.5) is 13.2 Å². The zero-order valence-electron chi connectivity index (χ0n) is 15.4. The fraction of sp³-hybridized carbons (Fsp3) is 0.562. The summed E-state index contributed by atoms with van der Waals surface area (Å²) >= 11 is 0. The minimum Gasteiger partial charge on any atom is -0.326 e. The number of hydrogen-bond acceptors (Lipinski definition) is 5. The molecule has 0 bridgehead atoms. The molecule has 0 amide bonds. The zero-order valence-corrected chi connectivity index (χ0v) is 16.2. The van der Waals surface area contributed by atoms with E-state index in [1.165, 1.54) is 10.4 Å². The Morgan fingerprint density at radius 2 is 1.93 bits per heavy atom. The van der Waals surface area contributed by atoms with E-state index in [2.05, 4.69) is 15.5 Å². The van der Waals surface area contributed by atoms with Crippen LogP contribution in [-0.4, -0.2) is 59.1 Å². The maximum atomic E-state index is 12.9. The second kappa shape index (κ2) is 8.13. The van der Waals surface area contributed by atoms with Crippen molar-refractivity contribution in [2.24, 2.45) is 0 Å². The van der Waals surface area contributed by atoms with Crippen molar-refractivity contribution in [3.63, 3.8) is 0 Å². The van der Waals surface area contributed by atoms with Crippen molar-refractivity contribution in [3.05, 3.63) is 35.7 Å².